The van der Waals surface area contributed by atoms with E-state index in [2.05, 4.69) is 10.3 Å². The van der Waals surface area contributed by atoms with Crippen molar-refractivity contribution in [1.29, 1.82) is 0 Å². The average Bonchev–Trinajstić information content (AvgIpc) is 2.80. The molecule has 2 amide bonds. The van der Waals surface area contributed by atoms with Crippen LogP contribution in [-0.2, 0) is 11.0 Å². The van der Waals surface area contributed by atoms with Gasteiger partial charge in [-0.2, -0.15) is 13.2 Å². The van der Waals surface area contributed by atoms with E-state index >= 15 is 0 Å². The second-order valence-electron chi connectivity index (χ2n) is 7.31. The van der Waals surface area contributed by atoms with Crippen LogP contribution in [-0.4, -0.2) is 23.3 Å². The first kappa shape index (κ1) is 23.9. The minimum atomic E-state index is -4.44. The molecule has 1 atom stereocenters. The number of pyridine rings is 1. The maximum Gasteiger partial charge on any atom is 0.416 e. The van der Waals surface area contributed by atoms with Gasteiger partial charge in [-0.1, -0.05) is 12.1 Å². The normalized spacial score (nSPS) is 12.2. The number of hydrogen-bond donors (Lipinski definition) is 2. The van der Waals surface area contributed by atoms with Crippen molar-refractivity contribution in [3.05, 3.63) is 89.7 Å². The number of hydrogen-bond acceptors (Lipinski definition) is 4. The zero-order chi connectivity index (χ0) is 24.0. The fourth-order valence-corrected chi connectivity index (χ4v) is 3.27. The average molecular weight is 456 g/mol. The van der Waals surface area contributed by atoms with Crippen molar-refractivity contribution in [1.82, 2.24) is 4.98 Å². The Balaban J connectivity index is 1.64. The summed E-state index contributed by atoms with van der Waals surface area (Å²) in [5.74, 6) is -0.610. The lowest BCUT2D eigenvalue weighted by atomic mass is 10.0. The lowest BCUT2D eigenvalue weighted by Crippen LogP contribution is -2.33. The Labute approximate surface area is 189 Å². The molecule has 1 heterocycles. The van der Waals surface area contributed by atoms with E-state index in [9.17, 15) is 22.8 Å². The quantitative estimate of drug-likeness (QED) is 0.535. The summed E-state index contributed by atoms with van der Waals surface area (Å²) >= 11 is 0. The molecular weight excluding hydrogens is 433 g/mol. The first-order valence-electron chi connectivity index (χ1n) is 10.2. The fourth-order valence-electron chi connectivity index (χ4n) is 3.27. The van der Waals surface area contributed by atoms with Crippen LogP contribution in [0, 0.1) is 0 Å². The minimum absolute atomic E-state index is 0.0442. The Morgan fingerprint density at radius 1 is 1.00 bits per heavy atom. The fraction of sp³-hybridized carbons (Fsp3) is 0.208. The first-order chi connectivity index (χ1) is 15.7. The molecule has 172 valence electrons. The Hall–Kier alpha value is -3.72. The Morgan fingerprint density at radius 3 is 2.15 bits per heavy atom. The number of carbonyl (C=O) groups is 2. The van der Waals surface area contributed by atoms with E-state index in [0.29, 0.717) is 22.5 Å². The van der Waals surface area contributed by atoms with Crippen LogP contribution in [0.15, 0.2) is 73.1 Å². The zero-order valence-electron chi connectivity index (χ0n) is 17.8. The summed E-state index contributed by atoms with van der Waals surface area (Å²) in [5, 5.41) is 2.75. The molecule has 0 radical (unpaired) electrons. The molecule has 0 aliphatic rings. The number of benzene rings is 2. The van der Waals surface area contributed by atoms with Crippen LogP contribution in [0.1, 0.15) is 40.9 Å². The number of nitrogens with one attached hydrogen (secondary N) is 1. The monoisotopic (exact) mass is 456 g/mol. The van der Waals surface area contributed by atoms with Gasteiger partial charge in [0.1, 0.15) is 0 Å². The number of alkyl halides is 3. The molecule has 0 saturated carbocycles. The smallest absolute Gasteiger partial charge is 0.324 e. The van der Waals surface area contributed by atoms with Crippen LogP contribution in [0.3, 0.4) is 0 Å². The van der Waals surface area contributed by atoms with E-state index in [4.69, 9.17) is 5.73 Å². The molecule has 1 unspecified atom stereocenters. The van der Waals surface area contributed by atoms with Gasteiger partial charge < -0.3 is 16.0 Å². The lowest BCUT2D eigenvalue weighted by molar-refractivity contribution is -0.137. The number of amides is 2. The number of nitrogens with zero attached hydrogens (tertiary/aromatic N) is 2. The predicted molar refractivity (Wildman–Crippen MR) is 120 cm³/mol. The molecule has 6 nitrogen and oxygen atoms in total. The topological polar surface area (TPSA) is 88.3 Å². The van der Waals surface area contributed by atoms with Gasteiger partial charge in [0, 0.05) is 48.3 Å². The van der Waals surface area contributed by atoms with Crippen molar-refractivity contribution >= 4 is 23.2 Å². The Morgan fingerprint density at radius 2 is 1.61 bits per heavy atom. The van der Waals surface area contributed by atoms with E-state index in [1.54, 1.807) is 55.7 Å². The summed E-state index contributed by atoms with van der Waals surface area (Å²) in [7, 11) is 0. The highest BCUT2D eigenvalue weighted by Gasteiger charge is 2.30. The third kappa shape index (κ3) is 6.17. The molecule has 9 heteroatoms. The van der Waals surface area contributed by atoms with E-state index < -0.39 is 17.8 Å². The van der Waals surface area contributed by atoms with Crippen LogP contribution in [0.5, 0.6) is 0 Å². The van der Waals surface area contributed by atoms with Crippen molar-refractivity contribution in [3.8, 4) is 0 Å². The number of halogens is 3. The largest absolute Gasteiger partial charge is 0.416 e. The van der Waals surface area contributed by atoms with Gasteiger partial charge in [-0.05, 0) is 61.0 Å². The lowest BCUT2D eigenvalue weighted by Gasteiger charge is -2.23. The van der Waals surface area contributed by atoms with Crippen molar-refractivity contribution < 1.29 is 22.8 Å². The van der Waals surface area contributed by atoms with Crippen molar-refractivity contribution in [2.45, 2.75) is 25.6 Å². The van der Waals surface area contributed by atoms with Gasteiger partial charge in [-0.3, -0.25) is 14.6 Å². The molecule has 0 fully saturated rings. The van der Waals surface area contributed by atoms with Gasteiger partial charge >= 0.3 is 6.18 Å². The molecule has 3 N–H and O–H groups in total. The molecule has 0 aliphatic carbocycles. The second kappa shape index (κ2) is 10.3. The second-order valence-corrected chi connectivity index (χ2v) is 7.31. The molecule has 33 heavy (non-hydrogen) atoms. The molecule has 0 spiro atoms. The van der Waals surface area contributed by atoms with Gasteiger partial charge in [-0.25, -0.2) is 0 Å². The standard InChI is InChI=1S/C24H23F3N4O2/c1-2-31(20-9-7-18(8-10-20)24(25,26)27)22(32)15-21(28)16-3-5-17(6-4-16)23(33)30-19-11-13-29-14-12-19/h3-14,21H,2,15,28H2,1H3,(H,29,30,33). The van der Waals surface area contributed by atoms with Gasteiger partial charge in [0.2, 0.25) is 5.91 Å². The summed E-state index contributed by atoms with van der Waals surface area (Å²) in [5.41, 5.74) is 7.48. The van der Waals surface area contributed by atoms with E-state index in [-0.39, 0.29) is 24.8 Å². The molecule has 2 aromatic carbocycles. The van der Waals surface area contributed by atoms with Crippen molar-refractivity contribution in [3.63, 3.8) is 0 Å². The number of carbonyl (C=O) groups excluding carboxylic acids is 2. The molecule has 0 saturated heterocycles. The third-order valence-electron chi connectivity index (χ3n) is 5.06. The van der Waals surface area contributed by atoms with Gasteiger partial charge in [0.25, 0.3) is 5.91 Å². The molecule has 0 bridgehead atoms. The highest BCUT2D eigenvalue weighted by molar-refractivity contribution is 6.04. The number of nitrogens with two attached hydrogens (primary N) is 1. The highest BCUT2D eigenvalue weighted by Crippen LogP contribution is 2.31. The van der Waals surface area contributed by atoms with E-state index in [1.807, 2.05) is 0 Å². The molecule has 3 rings (SSSR count). The number of aromatic nitrogens is 1. The molecule has 0 aliphatic heterocycles. The van der Waals surface area contributed by atoms with Crippen LogP contribution >= 0.6 is 0 Å². The summed E-state index contributed by atoms with van der Waals surface area (Å²) in [4.78, 5) is 30.4. The zero-order valence-corrected chi connectivity index (χ0v) is 17.8. The first-order valence-corrected chi connectivity index (χ1v) is 10.2. The molecular formula is C24H23F3N4O2. The van der Waals surface area contributed by atoms with Gasteiger partial charge in [0.15, 0.2) is 0 Å². The summed E-state index contributed by atoms with van der Waals surface area (Å²) in [6.45, 7) is 2.02. The van der Waals surface area contributed by atoms with Crippen molar-refractivity contribution in [2.24, 2.45) is 5.73 Å². The number of rotatable bonds is 7. The third-order valence-corrected chi connectivity index (χ3v) is 5.06. The Bertz CT molecular complexity index is 1090. The number of anilines is 2. The van der Waals surface area contributed by atoms with Gasteiger partial charge in [-0.15, -0.1) is 0 Å². The van der Waals surface area contributed by atoms with Crippen molar-refractivity contribution in [2.75, 3.05) is 16.8 Å². The van der Waals surface area contributed by atoms with Crippen LogP contribution in [0.4, 0.5) is 24.5 Å². The molecule has 3 aromatic rings. The van der Waals surface area contributed by atoms with Gasteiger partial charge in [0.05, 0.1) is 5.56 Å². The van der Waals surface area contributed by atoms with E-state index in [0.717, 1.165) is 12.1 Å². The van der Waals surface area contributed by atoms with Crippen LogP contribution in [0.25, 0.3) is 0 Å². The maximum atomic E-state index is 12.8. The summed E-state index contributed by atoms with van der Waals surface area (Å²) in [6.07, 6.45) is -1.35. The highest BCUT2D eigenvalue weighted by atomic mass is 19.4. The summed E-state index contributed by atoms with van der Waals surface area (Å²) in [6, 6.07) is 13.7. The Kier molecular flexibility index (Phi) is 7.44. The predicted octanol–water partition coefficient (Wildman–Crippen LogP) is 4.80. The summed E-state index contributed by atoms with van der Waals surface area (Å²) < 4.78 is 38.4. The minimum Gasteiger partial charge on any atom is -0.324 e. The molecule has 1 aromatic heterocycles. The maximum absolute atomic E-state index is 12.8. The van der Waals surface area contributed by atoms with Crippen LogP contribution < -0.4 is 16.0 Å². The van der Waals surface area contributed by atoms with Crippen LogP contribution in [0.2, 0.25) is 0 Å². The SMILES string of the molecule is CCN(C(=O)CC(N)c1ccc(C(=O)Nc2ccncc2)cc1)c1ccc(C(F)(F)F)cc1. The van der Waals surface area contributed by atoms with E-state index in [1.165, 1.54) is 17.0 Å².